The summed E-state index contributed by atoms with van der Waals surface area (Å²) in [5.41, 5.74) is 0.0731. The Morgan fingerprint density at radius 1 is 1.47 bits per heavy atom. The van der Waals surface area contributed by atoms with E-state index in [9.17, 15) is 18.0 Å². The van der Waals surface area contributed by atoms with E-state index in [0.29, 0.717) is 0 Å². The summed E-state index contributed by atoms with van der Waals surface area (Å²) < 4.78 is 41.5. The third-order valence-electron chi connectivity index (χ3n) is 1.95. The van der Waals surface area contributed by atoms with Crippen LogP contribution in [0.4, 0.5) is 13.2 Å². The summed E-state index contributed by atoms with van der Waals surface area (Å²) >= 11 is 0. The second-order valence-corrected chi connectivity index (χ2v) is 3.18. The number of alkyl halides is 2. The van der Waals surface area contributed by atoms with Crippen molar-refractivity contribution in [3.8, 4) is 5.75 Å². The van der Waals surface area contributed by atoms with E-state index in [1.54, 1.807) is 0 Å². The molecule has 1 aromatic rings. The summed E-state index contributed by atoms with van der Waals surface area (Å²) in [6.07, 6.45) is 1.86. The Bertz CT molecular complexity index is 456. The fraction of sp³-hybridized carbons (Fsp3) is 0.182. The normalized spacial score (nSPS) is 11.1. The Hall–Kier alpha value is -1.98. The molecule has 1 N–H and O–H groups in total. The Balaban J connectivity index is 3.09. The minimum absolute atomic E-state index is 0.0576. The van der Waals surface area contributed by atoms with E-state index in [1.165, 1.54) is 6.92 Å². The standard InChI is InChI=1S/C11H9F3O3/c1-6-8(12)4-7(2-3-10(15)16)5-9(6)17-11(13)14/h2-5,11H,1H3,(H,15,16)/b3-2+. The first kappa shape index (κ1) is 13.1. The van der Waals surface area contributed by atoms with E-state index >= 15 is 0 Å². The van der Waals surface area contributed by atoms with Crippen molar-refractivity contribution in [1.29, 1.82) is 0 Å². The number of carboxylic acid groups (broad SMARTS) is 1. The molecule has 0 aliphatic carbocycles. The molecular weight excluding hydrogens is 237 g/mol. The van der Waals surface area contributed by atoms with Crippen LogP contribution >= 0.6 is 0 Å². The number of carbonyl (C=O) groups is 1. The van der Waals surface area contributed by atoms with Crippen molar-refractivity contribution < 1.29 is 27.8 Å². The highest BCUT2D eigenvalue weighted by atomic mass is 19.3. The molecule has 17 heavy (non-hydrogen) atoms. The van der Waals surface area contributed by atoms with Crippen LogP contribution in [0.3, 0.4) is 0 Å². The largest absolute Gasteiger partial charge is 0.478 e. The molecule has 0 amide bonds. The number of halogens is 3. The lowest BCUT2D eigenvalue weighted by molar-refractivity contribution is -0.131. The summed E-state index contributed by atoms with van der Waals surface area (Å²) in [5.74, 6) is -2.28. The van der Waals surface area contributed by atoms with Gasteiger partial charge in [0.15, 0.2) is 0 Å². The lowest BCUT2D eigenvalue weighted by Gasteiger charge is -2.09. The first-order valence-corrected chi connectivity index (χ1v) is 4.56. The van der Waals surface area contributed by atoms with Crippen molar-refractivity contribution in [1.82, 2.24) is 0 Å². The average Bonchev–Trinajstić information content (AvgIpc) is 2.21. The molecule has 0 saturated carbocycles. The molecule has 3 nitrogen and oxygen atoms in total. The third-order valence-corrected chi connectivity index (χ3v) is 1.95. The molecule has 92 valence electrons. The fourth-order valence-electron chi connectivity index (χ4n) is 1.16. The lowest BCUT2D eigenvalue weighted by atomic mass is 10.1. The Labute approximate surface area is 95.1 Å². The van der Waals surface area contributed by atoms with Crippen LogP contribution < -0.4 is 4.74 Å². The summed E-state index contributed by atoms with van der Waals surface area (Å²) in [6.45, 7) is -1.77. The van der Waals surface area contributed by atoms with Gasteiger partial charge < -0.3 is 9.84 Å². The van der Waals surface area contributed by atoms with Crippen LogP contribution in [0.15, 0.2) is 18.2 Å². The van der Waals surface area contributed by atoms with E-state index in [4.69, 9.17) is 5.11 Å². The van der Waals surface area contributed by atoms with E-state index < -0.39 is 18.4 Å². The smallest absolute Gasteiger partial charge is 0.387 e. The SMILES string of the molecule is Cc1c(F)cc(/C=C/C(=O)O)cc1OC(F)F. The molecule has 0 aromatic heterocycles. The molecule has 0 saturated heterocycles. The zero-order valence-corrected chi connectivity index (χ0v) is 8.78. The van der Waals surface area contributed by atoms with E-state index in [0.717, 1.165) is 24.3 Å². The predicted molar refractivity (Wildman–Crippen MR) is 54.4 cm³/mol. The summed E-state index contributed by atoms with van der Waals surface area (Å²) in [6, 6.07) is 2.18. The molecule has 0 unspecified atom stereocenters. The van der Waals surface area contributed by atoms with Gasteiger partial charge in [-0.1, -0.05) is 0 Å². The minimum Gasteiger partial charge on any atom is -0.478 e. The summed E-state index contributed by atoms with van der Waals surface area (Å²) in [7, 11) is 0. The van der Waals surface area contributed by atoms with Crippen molar-refractivity contribution in [2.75, 3.05) is 0 Å². The van der Waals surface area contributed by atoms with E-state index in [1.807, 2.05) is 0 Å². The maximum atomic E-state index is 13.3. The molecule has 1 rings (SSSR count). The van der Waals surface area contributed by atoms with Gasteiger partial charge in [-0.15, -0.1) is 0 Å². The molecule has 6 heteroatoms. The van der Waals surface area contributed by atoms with Crippen molar-refractivity contribution in [2.24, 2.45) is 0 Å². The second-order valence-electron chi connectivity index (χ2n) is 3.18. The number of carboxylic acids is 1. The molecule has 0 aliphatic rings. The number of aliphatic carboxylic acids is 1. The van der Waals surface area contributed by atoms with Crippen LogP contribution in [-0.2, 0) is 4.79 Å². The maximum Gasteiger partial charge on any atom is 0.387 e. The van der Waals surface area contributed by atoms with Gasteiger partial charge >= 0.3 is 12.6 Å². The van der Waals surface area contributed by atoms with Gasteiger partial charge in [-0.3, -0.25) is 0 Å². The van der Waals surface area contributed by atoms with Gasteiger partial charge in [-0.25, -0.2) is 9.18 Å². The molecule has 0 radical (unpaired) electrons. The molecule has 0 fully saturated rings. The van der Waals surface area contributed by atoms with Gasteiger partial charge in [0.05, 0.1) is 0 Å². The van der Waals surface area contributed by atoms with Gasteiger partial charge in [0.25, 0.3) is 0 Å². The van der Waals surface area contributed by atoms with Crippen LogP contribution in [0, 0.1) is 12.7 Å². The number of hydrogen-bond donors (Lipinski definition) is 1. The number of benzene rings is 1. The zero-order valence-electron chi connectivity index (χ0n) is 8.78. The minimum atomic E-state index is -3.06. The van der Waals surface area contributed by atoms with Crippen LogP contribution in [0.1, 0.15) is 11.1 Å². The molecule has 0 spiro atoms. The highest BCUT2D eigenvalue weighted by molar-refractivity contribution is 5.85. The molecule has 0 atom stereocenters. The van der Waals surface area contributed by atoms with Crippen molar-refractivity contribution in [2.45, 2.75) is 13.5 Å². The molecule has 0 bridgehead atoms. The Morgan fingerprint density at radius 3 is 2.65 bits per heavy atom. The van der Waals surface area contributed by atoms with E-state index in [2.05, 4.69) is 4.74 Å². The van der Waals surface area contributed by atoms with Crippen LogP contribution in [0.2, 0.25) is 0 Å². The van der Waals surface area contributed by atoms with Gasteiger partial charge in [0.1, 0.15) is 11.6 Å². The topological polar surface area (TPSA) is 46.5 Å². The number of ether oxygens (including phenoxy) is 1. The molecule has 0 aliphatic heterocycles. The zero-order chi connectivity index (χ0) is 13.0. The quantitative estimate of drug-likeness (QED) is 0.831. The number of hydrogen-bond acceptors (Lipinski definition) is 2. The molecular formula is C11H9F3O3. The van der Waals surface area contributed by atoms with E-state index in [-0.39, 0.29) is 16.9 Å². The first-order chi connectivity index (χ1) is 7.90. The highest BCUT2D eigenvalue weighted by Crippen LogP contribution is 2.25. The fourth-order valence-corrected chi connectivity index (χ4v) is 1.16. The first-order valence-electron chi connectivity index (χ1n) is 4.56. The third kappa shape index (κ3) is 3.82. The Morgan fingerprint density at radius 2 is 2.12 bits per heavy atom. The monoisotopic (exact) mass is 246 g/mol. The van der Waals surface area contributed by atoms with Crippen molar-refractivity contribution in [3.05, 3.63) is 35.2 Å². The van der Waals surface area contributed by atoms with Crippen LogP contribution in [-0.4, -0.2) is 17.7 Å². The molecule has 0 heterocycles. The van der Waals surface area contributed by atoms with Crippen molar-refractivity contribution >= 4 is 12.0 Å². The number of rotatable bonds is 4. The van der Waals surface area contributed by atoms with Gasteiger partial charge in [0, 0.05) is 11.6 Å². The van der Waals surface area contributed by atoms with Gasteiger partial charge in [-0.05, 0) is 30.7 Å². The lowest BCUT2D eigenvalue weighted by Crippen LogP contribution is -2.04. The maximum absolute atomic E-state index is 13.3. The summed E-state index contributed by atoms with van der Waals surface area (Å²) in [5, 5.41) is 8.38. The van der Waals surface area contributed by atoms with Crippen LogP contribution in [0.25, 0.3) is 6.08 Å². The second kappa shape index (κ2) is 5.38. The van der Waals surface area contributed by atoms with Crippen molar-refractivity contribution in [3.63, 3.8) is 0 Å². The van der Waals surface area contributed by atoms with Gasteiger partial charge in [-0.2, -0.15) is 8.78 Å². The Kier molecular flexibility index (Phi) is 4.14. The average molecular weight is 246 g/mol. The molecule has 1 aromatic carbocycles. The van der Waals surface area contributed by atoms with Gasteiger partial charge in [0.2, 0.25) is 0 Å². The highest BCUT2D eigenvalue weighted by Gasteiger charge is 2.11. The van der Waals surface area contributed by atoms with Crippen LogP contribution in [0.5, 0.6) is 5.75 Å². The predicted octanol–water partition coefficient (Wildman–Crippen LogP) is 2.83. The summed E-state index contributed by atoms with van der Waals surface area (Å²) in [4.78, 5) is 10.3.